The van der Waals surface area contributed by atoms with Gasteiger partial charge in [-0.25, -0.2) is 0 Å². The summed E-state index contributed by atoms with van der Waals surface area (Å²) in [5.74, 6) is 2.70. The average Bonchev–Trinajstić information content (AvgIpc) is 2.59. The first-order chi connectivity index (χ1) is 7.61. The molecule has 90 valence electrons. The maximum Gasteiger partial charge on any atom is 0.0672 e. The number of likely N-dealkylation sites (tertiary alicyclic amines) is 1. The first kappa shape index (κ1) is 11.9. The van der Waals surface area contributed by atoms with Gasteiger partial charge in [0.25, 0.3) is 0 Å². The standard InChI is InChI=1S/C14H24N2/c1-10-4-5-13(7-15)14(6-10)16-8-11(2)12(3)9-16/h10-14H,4-6,8-9H2,1-3H3. The van der Waals surface area contributed by atoms with E-state index < -0.39 is 0 Å². The van der Waals surface area contributed by atoms with E-state index >= 15 is 0 Å². The van der Waals surface area contributed by atoms with E-state index in [2.05, 4.69) is 31.7 Å². The van der Waals surface area contributed by atoms with Crippen molar-refractivity contribution in [2.75, 3.05) is 13.1 Å². The zero-order chi connectivity index (χ0) is 11.7. The molecule has 0 bridgehead atoms. The lowest BCUT2D eigenvalue weighted by Gasteiger charge is -2.37. The minimum atomic E-state index is 0.286. The molecular formula is C14H24N2. The number of rotatable bonds is 1. The number of nitrogens with zero attached hydrogens (tertiary/aromatic N) is 2. The highest BCUT2D eigenvalue weighted by Gasteiger charge is 2.37. The van der Waals surface area contributed by atoms with E-state index in [1.165, 1.54) is 25.9 Å². The Bertz CT molecular complexity index is 271. The van der Waals surface area contributed by atoms with Crippen LogP contribution >= 0.6 is 0 Å². The van der Waals surface area contributed by atoms with Crippen LogP contribution in [0.15, 0.2) is 0 Å². The Balaban J connectivity index is 2.03. The van der Waals surface area contributed by atoms with Crippen molar-refractivity contribution >= 4 is 0 Å². The van der Waals surface area contributed by atoms with Gasteiger partial charge in [0, 0.05) is 19.1 Å². The minimum Gasteiger partial charge on any atom is -0.299 e. The first-order valence-electron chi connectivity index (χ1n) is 6.75. The second-order valence-electron chi connectivity index (χ2n) is 6.13. The van der Waals surface area contributed by atoms with E-state index in [4.69, 9.17) is 0 Å². The van der Waals surface area contributed by atoms with Crippen LogP contribution in [-0.4, -0.2) is 24.0 Å². The van der Waals surface area contributed by atoms with Crippen LogP contribution in [0, 0.1) is 35.0 Å². The largest absolute Gasteiger partial charge is 0.299 e. The maximum atomic E-state index is 9.26. The van der Waals surface area contributed by atoms with Crippen molar-refractivity contribution in [3.8, 4) is 6.07 Å². The summed E-state index contributed by atoms with van der Waals surface area (Å²) in [6.07, 6.45) is 3.59. The Hall–Kier alpha value is -0.550. The highest BCUT2D eigenvalue weighted by molar-refractivity contribution is 4.99. The topological polar surface area (TPSA) is 27.0 Å². The second kappa shape index (κ2) is 4.75. The molecule has 1 aliphatic carbocycles. The Kier molecular flexibility index (Phi) is 3.54. The normalized spacial score (nSPS) is 45.5. The fourth-order valence-electron chi connectivity index (χ4n) is 3.35. The number of hydrogen-bond acceptors (Lipinski definition) is 2. The SMILES string of the molecule is CC1CCC(C#N)C(N2CC(C)C(C)C2)C1. The van der Waals surface area contributed by atoms with Gasteiger partial charge in [-0.3, -0.25) is 4.90 Å². The third kappa shape index (κ3) is 2.25. The fourth-order valence-corrected chi connectivity index (χ4v) is 3.35. The highest BCUT2D eigenvalue weighted by Crippen LogP contribution is 2.35. The third-order valence-corrected chi connectivity index (χ3v) is 4.73. The smallest absolute Gasteiger partial charge is 0.0672 e. The molecule has 2 aliphatic rings. The van der Waals surface area contributed by atoms with E-state index in [9.17, 15) is 5.26 Å². The van der Waals surface area contributed by atoms with Crippen LogP contribution in [-0.2, 0) is 0 Å². The Morgan fingerprint density at radius 3 is 2.25 bits per heavy atom. The van der Waals surface area contributed by atoms with Gasteiger partial charge in [0.1, 0.15) is 0 Å². The number of nitriles is 1. The predicted molar refractivity (Wildman–Crippen MR) is 65.8 cm³/mol. The molecule has 0 aromatic rings. The molecule has 2 nitrogen and oxygen atoms in total. The van der Waals surface area contributed by atoms with Crippen molar-refractivity contribution in [1.29, 1.82) is 5.26 Å². The molecule has 1 aliphatic heterocycles. The van der Waals surface area contributed by atoms with Gasteiger partial charge in [0.2, 0.25) is 0 Å². The quantitative estimate of drug-likeness (QED) is 0.679. The molecule has 2 rings (SSSR count). The summed E-state index contributed by atoms with van der Waals surface area (Å²) in [6.45, 7) is 9.44. The first-order valence-corrected chi connectivity index (χ1v) is 6.75. The van der Waals surface area contributed by atoms with Gasteiger partial charge >= 0.3 is 0 Å². The molecule has 0 N–H and O–H groups in total. The van der Waals surface area contributed by atoms with E-state index in [-0.39, 0.29) is 5.92 Å². The van der Waals surface area contributed by atoms with Crippen LogP contribution in [0.1, 0.15) is 40.0 Å². The molecule has 16 heavy (non-hydrogen) atoms. The minimum absolute atomic E-state index is 0.286. The average molecular weight is 220 g/mol. The highest BCUT2D eigenvalue weighted by atomic mass is 15.2. The maximum absolute atomic E-state index is 9.26. The summed E-state index contributed by atoms with van der Waals surface area (Å²) in [7, 11) is 0. The molecule has 0 spiro atoms. The van der Waals surface area contributed by atoms with E-state index in [0.717, 1.165) is 24.2 Å². The summed E-state index contributed by atoms with van der Waals surface area (Å²) < 4.78 is 0. The zero-order valence-corrected chi connectivity index (χ0v) is 10.8. The molecule has 1 saturated carbocycles. The summed E-state index contributed by atoms with van der Waals surface area (Å²) in [6, 6.07) is 3.08. The van der Waals surface area contributed by atoms with Gasteiger partial charge in [-0.15, -0.1) is 0 Å². The molecule has 5 atom stereocenters. The molecule has 1 saturated heterocycles. The summed E-state index contributed by atoms with van der Waals surface area (Å²) in [5.41, 5.74) is 0. The van der Waals surface area contributed by atoms with E-state index in [1.54, 1.807) is 0 Å². The van der Waals surface area contributed by atoms with Crippen LogP contribution in [0.3, 0.4) is 0 Å². The van der Waals surface area contributed by atoms with Crippen LogP contribution in [0.5, 0.6) is 0 Å². The summed E-state index contributed by atoms with van der Waals surface area (Å²) in [5, 5.41) is 9.26. The van der Waals surface area contributed by atoms with Gasteiger partial charge in [-0.2, -0.15) is 5.26 Å². The van der Waals surface area contributed by atoms with Crippen molar-refractivity contribution < 1.29 is 0 Å². The Morgan fingerprint density at radius 1 is 1.06 bits per heavy atom. The van der Waals surface area contributed by atoms with Crippen molar-refractivity contribution in [2.24, 2.45) is 23.7 Å². The van der Waals surface area contributed by atoms with Crippen molar-refractivity contribution in [3.63, 3.8) is 0 Å². The van der Waals surface area contributed by atoms with E-state index in [0.29, 0.717) is 6.04 Å². The molecule has 0 amide bonds. The lowest BCUT2D eigenvalue weighted by Crippen LogP contribution is -2.42. The van der Waals surface area contributed by atoms with Gasteiger partial charge in [0.15, 0.2) is 0 Å². The molecular weight excluding hydrogens is 196 g/mol. The molecule has 0 aromatic heterocycles. The molecule has 0 radical (unpaired) electrons. The van der Waals surface area contributed by atoms with Crippen molar-refractivity contribution in [1.82, 2.24) is 4.90 Å². The lowest BCUT2D eigenvalue weighted by atomic mass is 9.79. The molecule has 0 aromatic carbocycles. The Labute approximate surface area is 99.6 Å². The molecule has 2 heteroatoms. The zero-order valence-electron chi connectivity index (χ0n) is 10.8. The number of hydrogen-bond donors (Lipinski definition) is 0. The second-order valence-corrected chi connectivity index (χ2v) is 6.13. The van der Waals surface area contributed by atoms with Gasteiger partial charge in [-0.05, 0) is 37.0 Å². The summed E-state index contributed by atoms with van der Waals surface area (Å²) in [4.78, 5) is 2.60. The van der Waals surface area contributed by atoms with Crippen molar-refractivity contribution in [3.05, 3.63) is 0 Å². The van der Waals surface area contributed by atoms with Gasteiger partial charge < -0.3 is 0 Å². The van der Waals surface area contributed by atoms with Gasteiger partial charge in [-0.1, -0.05) is 20.8 Å². The molecule has 2 fully saturated rings. The predicted octanol–water partition coefficient (Wildman–Crippen LogP) is 2.90. The summed E-state index contributed by atoms with van der Waals surface area (Å²) >= 11 is 0. The van der Waals surface area contributed by atoms with Crippen LogP contribution < -0.4 is 0 Å². The Morgan fingerprint density at radius 2 is 1.69 bits per heavy atom. The van der Waals surface area contributed by atoms with E-state index in [1.807, 2.05) is 0 Å². The van der Waals surface area contributed by atoms with Crippen LogP contribution in [0.2, 0.25) is 0 Å². The lowest BCUT2D eigenvalue weighted by molar-refractivity contribution is 0.124. The van der Waals surface area contributed by atoms with Gasteiger partial charge in [0.05, 0.1) is 12.0 Å². The van der Waals surface area contributed by atoms with Crippen molar-refractivity contribution in [2.45, 2.75) is 46.1 Å². The fraction of sp³-hybridized carbons (Fsp3) is 0.929. The molecule has 1 heterocycles. The monoisotopic (exact) mass is 220 g/mol. The third-order valence-electron chi connectivity index (χ3n) is 4.73. The van der Waals surface area contributed by atoms with Crippen LogP contribution in [0.25, 0.3) is 0 Å². The van der Waals surface area contributed by atoms with Crippen LogP contribution in [0.4, 0.5) is 0 Å². The molecule has 5 unspecified atom stereocenters.